The zero-order valence-corrected chi connectivity index (χ0v) is 22.0. The van der Waals surface area contributed by atoms with Crippen LogP contribution in [0.25, 0.3) is 11.1 Å². The van der Waals surface area contributed by atoms with Crippen LogP contribution in [0, 0.1) is 11.7 Å². The number of nitrogens with one attached hydrogen (secondary N) is 1. The topological polar surface area (TPSA) is 77.1 Å². The molecule has 4 rings (SSSR count). The molecule has 0 saturated heterocycles. The summed E-state index contributed by atoms with van der Waals surface area (Å²) < 4.78 is 30.5. The first-order chi connectivity index (χ1) is 18.3. The van der Waals surface area contributed by atoms with Crippen LogP contribution < -0.4 is 14.8 Å². The van der Waals surface area contributed by atoms with Crippen molar-refractivity contribution in [1.82, 2.24) is 10.2 Å². The summed E-state index contributed by atoms with van der Waals surface area (Å²) in [7, 11) is 5.02. The lowest BCUT2D eigenvalue weighted by Crippen LogP contribution is -2.24. The molecule has 1 fully saturated rings. The Morgan fingerprint density at radius 2 is 1.79 bits per heavy atom. The molecule has 1 N–H and O–H groups in total. The molecule has 200 valence electrons. The number of hydrogen-bond donors (Lipinski definition) is 1. The van der Waals surface area contributed by atoms with E-state index in [-0.39, 0.29) is 37.3 Å². The summed E-state index contributed by atoms with van der Waals surface area (Å²) in [6.45, 7) is 1.01. The largest absolute Gasteiger partial charge is 0.494 e. The maximum absolute atomic E-state index is 14.1. The van der Waals surface area contributed by atoms with Crippen molar-refractivity contribution in [3.63, 3.8) is 0 Å². The zero-order valence-electron chi connectivity index (χ0n) is 22.0. The maximum Gasteiger partial charge on any atom is 0.320 e. The highest BCUT2D eigenvalue weighted by molar-refractivity contribution is 5.98. The van der Waals surface area contributed by atoms with Gasteiger partial charge in [0.1, 0.15) is 12.4 Å². The average Bonchev–Trinajstić information content (AvgIpc) is 3.74. The standard InChI is InChI=1S/C30H33FN2O5/c1-33(2)17-29(34)38-19-23-6-4-5-7-24(23)22-11-13-27(37-18-20-8-9-20)25(15-22)30(35)32-16-21-10-12-28(36-3)26(31)14-21/h4-7,10-15,20H,8-9,16-19H2,1-3H3,(H,32,35). The van der Waals surface area contributed by atoms with Crippen molar-refractivity contribution in [2.24, 2.45) is 5.92 Å². The summed E-state index contributed by atoms with van der Waals surface area (Å²) in [5.41, 5.74) is 3.47. The quantitative estimate of drug-likeness (QED) is 0.345. The maximum atomic E-state index is 14.1. The molecule has 8 heteroatoms. The summed E-state index contributed by atoms with van der Waals surface area (Å²) in [6, 6.07) is 17.7. The van der Waals surface area contributed by atoms with Crippen molar-refractivity contribution in [1.29, 1.82) is 0 Å². The molecule has 38 heavy (non-hydrogen) atoms. The van der Waals surface area contributed by atoms with Crippen molar-refractivity contribution in [2.75, 3.05) is 34.4 Å². The van der Waals surface area contributed by atoms with Crippen LogP contribution in [-0.2, 0) is 22.7 Å². The molecule has 3 aromatic rings. The lowest BCUT2D eigenvalue weighted by Gasteiger charge is -2.16. The van der Waals surface area contributed by atoms with E-state index in [1.807, 2.05) is 30.3 Å². The molecule has 0 atom stereocenters. The van der Waals surface area contributed by atoms with E-state index in [1.54, 1.807) is 37.2 Å². The van der Waals surface area contributed by atoms with Crippen molar-refractivity contribution >= 4 is 11.9 Å². The number of methoxy groups -OCH3 is 1. The average molecular weight is 521 g/mol. The third kappa shape index (κ3) is 7.32. The number of hydrogen-bond acceptors (Lipinski definition) is 6. The molecular weight excluding hydrogens is 487 g/mol. The van der Waals surface area contributed by atoms with Crippen LogP contribution in [0.4, 0.5) is 4.39 Å². The first-order valence-electron chi connectivity index (χ1n) is 12.6. The second-order valence-electron chi connectivity index (χ2n) is 9.67. The van der Waals surface area contributed by atoms with E-state index in [9.17, 15) is 14.0 Å². The minimum absolute atomic E-state index is 0.118. The summed E-state index contributed by atoms with van der Waals surface area (Å²) in [5, 5.41) is 2.87. The monoisotopic (exact) mass is 520 g/mol. The van der Waals surface area contributed by atoms with Gasteiger partial charge in [0.25, 0.3) is 5.91 Å². The van der Waals surface area contributed by atoms with Crippen LogP contribution in [-0.4, -0.2) is 51.1 Å². The van der Waals surface area contributed by atoms with Gasteiger partial charge >= 0.3 is 5.97 Å². The number of ether oxygens (including phenoxy) is 3. The van der Waals surface area contributed by atoms with E-state index >= 15 is 0 Å². The first-order valence-corrected chi connectivity index (χ1v) is 12.6. The van der Waals surface area contributed by atoms with Crippen molar-refractivity contribution in [3.8, 4) is 22.6 Å². The van der Waals surface area contributed by atoms with E-state index in [1.165, 1.54) is 19.2 Å². The molecule has 0 aromatic heterocycles. The molecule has 7 nitrogen and oxygen atoms in total. The van der Waals surface area contributed by atoms with Crippen LogP contribution in [0.2, 0.25) is 0 Å². The molecular formula is C30H33FN2O5. The number of halogens is 1. The van der Waals surface area contributed by atoms with Crippen LogP contribution in [0.5, 0.6) is 11.5 Å². The predicted molar refractivity (Wildman–Crippen MR) is 143 cm³/mol. The van der Waals surface area contributed by atoms with Gasteiger partial charge < -0.3 is 19.5 Å². The lowest BCUT2D eigenvalue weighted by molar-refractivity contribution is -0.145. The van der Waals surface area contributed by atoms with Gasteiger partial charge in [-0.25, -0.2) is 4.39 Å². The van der Waals surface area contributed by atoms with E-state index in [2.05, 4.69) is 5.32 Å². The Bertz CT molecular complexity index is 1290. The van der Waals surface area contributed by atoms with Gasteiger partial charge in [-0.05, 0) is 79.4 Å². The van der Waals surface area contributed by atoms with E-state index in [4.69, 9.17) is 14.2 Å². The Balaban J connectivity index is 1.55. The third-order valence-corrected chi connectivity index (χ3v) is 6.23. The molecule has 1 amide bonds. The predicted octanol–water partition coefficient (Wildman–Crippen LogP) is 4.82. The summed E-state index contributed by atoms with van der Waals surface area (Å²) in [4.78, 5) is 27.1. The van der Waals surface area contributed by atoms with Gasteiger partial charge in [-0.2, -0.15) is 0 Å². The number of amides is 1. The lowest BCUT2D eigenvalue weighted by atomic mass is 9.97. The van der Waals surface area contributed by atoms with E-state index in [0.717, 1.165) is 29.5 Å². The van der Waals surface area contributed by atoms with Crippen LogP contribution in [0.1, 0.15) is 34.3 Å². The van der Waals surface area contributed by atoms with Gasteiger partial charge in [0.2, 0.25) is 0 Å². The smallest absolute Gasteiger partial charge is 0.320 e. The molecule has 1 saturated carbocycles. The van der Waals surface area contributed by atoms with Gasteiger partial charge in [0.15, 0.2) is 11.6 Å². The van der Waals surface area contributed by atoms with Crippen LogP contribution in [0.3, 0.4) is 0 Å². The van der Waals surface area contributed by atoms with Gasteiger partial charge in [-0.3, -0.25) is 14.5 Å². The minimum atomic E-state index is -0.488. The number of likely N-dealkylation sites (N-methyl/N-ethyl adjacent to an activating group) is 1. The fraction of sp³-hybridized carbons (Fsp3) is 0.333. The molecule has 0 heterocycles. The number of carbonyl (C=O) groups is 2. The Labute approximate surface area is 222 Å². The SMILES string of the molecule is COc1ccc(CNC(=O)c2cc(-c3ccccc3COC(=O)CN(C)C)ccc2OCC2CC2)cc1F. The summed E-state index contributed by atoms with van der Waals surface area (Å²) in [6.07, 6.45) is 2.26. The Kier molecular flexibility index (Phi) is 8.97. The number of benzene rings is 3. The number of esters is 1. The molecule has 0 bridgehead atoms. The number of carbonyl (C=O) groups excluding carboxylic acids is 2. The van der Waals surface area contributed by atoms with Gasteiger partial charge in [-0.15, -0.1) is 0 Å². The van der Waals surface area contributed by atoms with Crippen molar-refractivity contribution in [2.45, 2.75) is 26.0 Å². The Morgan fingerprint density at radius 1 is 1.03 bits per heavy atom. The molecule has 0 unspecified atom stereocenters. The highest BCUT2D eigenvalue weighted by atomic mass is 19.1. The van der Waals surface area contributed by atoms with Crippen molar-refractivity contribution in [3.05, 3.63) is 83.2 Å². The molecule has 1 aliphatic carbocycles. The van der Waals surface area contributed by atoms with E-state index < -0.39 is 5.82 Å². The van der Waals surface area contributed by atoms with E-state index in [0.29, 0.717) is 29.4 Å². The highest BCUT2D eigenvalue weighted by Gasteiger charge is 2.23. The van der Waals surface area contributed by atoms with Gasteiger partial charge in [0, 0.05) is 6.54 Å². The number of nitrogens with zero attached hydrogens (tertiary/aromatic N) is 1. The first kappa shape index (κ1) is 27.1. The Hall–Kier alpha value is -3.91. The Morgan fingerprint density at radius 3 is 2.50 bits per heavy atom. The second kappa shape index (κ2) is 12.6. The fourth-order valence-electron chi connectivity index (χ4n) is 3.98. The normalized spacial score (nSPS) is 12.8. The van der Waals surface area contributed by atoms with Gasteiger partial charge in [-0.1, -0.05) is 36.4 Å². The summed E-state index contributed by atoms with van der Waals surface area (Å²) >= 11 is 0. The summed E-state index contributed by atoms with van der Waals surface area (Å²) in [5.74, 6) is 0.0269. The second-order valence-corrected chi connectivity index (χ2v) is 9.67. The van der Waals surface area contributed by atoms with Crippen LogP contribution >= 0.6 is 0 Å². The van der Waals surface area contributed by atoms with Gasteiger partial charge in [0.05, 0.1) is 25.8 Å². The third-order valence-electron chi connectivity index (χ3n) is 6.23. The molecule has 3 aromatic carbocycles. The molecule has 0 spiro atoms. The zero-order chi connectivity index (χ0) is 27.1. The van der Waals surface area contributed by atoms with Crippen LogP contribution in [0.15, 0.2) is 60.7 Å². The number of rotatable bonds is 12. The highest BCUT2D eigenvalue weighted by Crippen LogP contribution is 2.33. The fourth-order valence-corrected chi connectivity index (χ4v) is 3.98. The molecule has 0 radical (unpaired) electrons. The minimum Gasteiger partial charge on any atom is -0.494 e. The molecule has 0 aliphatic heterocycles. The molecule has 1 aliphatic rings. The van der Waals surface area contributed by atoms with Crippen molar-refractivity contribution < 1.29 is 28.2 Å².